The fourth-order valence-corrected chi connectivity index (χ4v) is 3.93. The largest absolute Gasteiger partial charge is 0.490 e. The van der Waals surface area contributed by atoms with Gasteiger partial charge in [-0.15, -0.1) is 11.8 Å². The van der Waals surface area contributed by atoms with Gasteiger partial charge in [0.1, 0.15) is 0 Å². The van der Waals surface area contributed by atoms with Crippen LogP contribution in [0.4, 0.5) is 11.4 Å². The van der Waals surface area contributed by atoms with Gasteiger partial charge >= 0.3 is 11.7 Å². The average Bonchev–Trinajstić information content (AvgIpc) is 2.83. The summed E-state index contributed by atoms with van der Waals surface area (Å²) in [6.45, 7) is 1.10. The van der Waals surface area contributed by atoms with E-state index >= 15 is 0 Å². The molecule has 0 saturated carbocycles. The lowest BCUT2D eigenvalue weighted by Crippen LogP contribution is -2.21. The highest BCUT2D eigenvalue weighted by atomic mass is 35.5. The van der Waals surface area contributed by atoms with Gasteiger partial charge in [-0.05, 0) is 54.4 Å². The molecule has 0 aliphatic rings. The summed E-state index contributed by atoms with van der Waals surface area (Å²) in [7, 11) is 1.30. The van der Waals surface area contributed by atoms with Crippen LogP contribution >= 0.6 is 23.4 Å². The van der Waals surface area contributed by atoms with E-state index in [4.69, 9.17) is 21.1 Å². The van der Waals surface area contributed by atoms with Gasteiger partial charge in [0.15, 0.2) is 12.4 Å². The summed E-state index contributed by atoms with van der Waals surface area (Å²) < 4.78 is 10.1. The molecule has 3 rings (SSSR count). The smallest absolute Gasteiger partial charge is 0.338 e. The van der Waals surface area contributed by atoms with E-state index in [2.05, 4.69) is 5.32 Å². The Morgan fingerprint density at radius 3 is 2.38 bits per heavy atom. The number of benzene rings is 3. The van der Waals surface area contributed by atoms with Gasteiger partial charge in [-0.1, -0.05) is 23.7 Å². The van der Waals surface area contributed by atoms with Crippen molar-refractivity contribution >= 4 is 46.6 Å². The van der Waals surface area contributed by atoms with Gasteiger partial charge in [0.05, 0.1) is 17.6 Å². The van der Waals surface area contributed by atoms with Crippen LogP contribution in [0.25, 0.3) is 0 Å². The number of carbonyl (C=O) groups excluding carboxylic acids is 2. The van der Waals surface area contributed by atoms with Crippen molar-refractivity contribution in [3.63, 3.8) is 0 Å². The van der Waals surface area contributed by atoms with Crippen LogP contribution in [-0.4, -0.2) is 30.5 Å². The Kier molecular flexibility index (Phi) is 8.50. The molecular weight excluding hydrogens is 480 g/mol. The SMILES string of the molecule is COc1cc(NC(=O)COC(=O)c2ccc(CSc3ccc(Cl)cc3)cc2)c(C)cc1[N+](=O)[O-]. The number of thioether (sulfide) groups is 1. The minimum atomic E-state index is -0.634. The first-order valence-electron chi connectivity index (χ1n) is 10.0. The van der Waals surface area contributed by atoms with E-state index in [0.29, 0.717) is 21.8 Å². The molecule has 0 aliphatic carbocycles. The topological polar surface area (TPSA) is 108 Å². The normalized spacial score (nSPS) is 10.4. The van der Waals surface area contributed by atoms with Crippen molar-refractivity contribution in [3.05, 3.63) is 92.5 Å². The van der Waals surface area contributed by atoms with E-state index in [1.807, 2.05) is 36.4 Å². The van der Waals surface area contributed by atoms with Crippen LogP contribution in [0.5, 0.6) is 5.75 Å². The number of methoxy groups -OCH3 is 1. The van der Waals surface area contributed by atoms with Gasteiger partial charge in [0.25, 0.3) is 5.91 Å². The lowest BCUT2D eigenvalue weighted by Gasteiger charge is -2.11. The molecule has 0 aliphatic heterocycles. The number of anilines is 1. The van der Waals surface area contributed by atoms with Gasteiger partial charge < -0.3 is 14.8 Å². The molecule has 0 unspecified atom stereocenters. The lowest BCUT2D eigenvalue weighted by atomic mass is 10.1. The molecule has 34 heavy (non-hydrogen) atoms. The van der Waals surface area contributed by atoms with Gasteiger partial charge in [0, 0.05) is 33.5 Å². The molecule has 3 aromatic carbocycles. The number of rotatable bonds is 9. The number of hydrogen-bond acceptors (Lipinski definition) is 7. The number of aryl methyl sites for hydroxylation is 1. The highest BCUT2D eigenvalue weighted by Crippen LogP contribution is 2.32. The first-order valence-corrected chi connectivity index (χ1v) is 11.4. The Morgan fingerprint density at radius 2 is 1.76 bits per heavy atom. The molecule has 1 N–H and O–H groups in total. The second-order valence-corrected chi connectivity index (χ2v) is 8.65. The van der Waals surface area contributed by atoms with Crippen molar-refractivity contribution in [2.75, 3.05) is 19.0 Å². The number of amides is 1. The summed E-state index contributed by atoms with van der Waals surface area (Å²) in [6.07, 6.45) is 0. The number of halogens is 1. The van der Waals surface area contributed by atoms with Crippen molar-refractivity contribution in [3.8, 4) is 5.75 Å². The number of nitrogens with zero attached hydrogens (tertiary/aromatic N) is 1. The first kappa shape index (κ1) is 25.1. The average molecular weight is 501 g/mol. The van der Waals surface area contributed by atoms with Crippen molar-refractivity contribution in [2.45, 2.75) is 17.6 Å². The second-order valence-electron chi connectivity index (χ2n) is 7.16. The molecule has 176 valence electrons. The van der Waals surface area contributed by atoms with Crippen LogP contribution in [0.15, 0.2) is 65.6 Å². The molecule has 0 bridgehead atoms. The van der Waals surface area contributed by atoms with Gasteiger partial charge in [0.2, 0.25) is 0 Å². The molecule has 1 amide bonds. The third-order valence-corrected chi connectivity index (χ3v) is 6.07. The maximum atomic E-state index is 12.3. The van der Waals surface area contributed by atoms with Crippen molar-refractivity contribution in [1.82, 2.24) is 0 Å². The number of esters is 1. The summed E-state index contributed by atoms with van der Waals surface area (Å²) in [6, 6.07) is 17.1. The van der Waals surface area contributed by atoms with E-state index in [1.54, 1.807) is 30.8 Å². The van der Waals surface area contributed by atoms with E-state index in [0.717, 1.165) is 16.2 Å². The zero-order chi connectivity index (χ0) is 24.7. The zero-order valence-electron chi connectivity index (χ0n) is 18.4. The zero-order valence-corrected chi connectivity index (χ0v) is 19.9. The Morgan fingerprint density at radius 1 is 1.09 bits per heavy atom. The number of carbonyl (C=O) groups is 2. The van der Waals surface area contributed by atoms with Crippen molar-refractivity contribution in [1.29, 1.82) is 0 Å². The van der Waals surface area contributed by atoms with Gasteiger partial charge in [-0.2, -0.15) is 0 Å². The van der Waals surface area contributed by atoms with Crippen molar-refractivity contribution < 1.29 is 24.0 Å². The molecule has 3 aromatic rings. The number of nitro groups is 1. The van der Waals surface area contributed by atoms with Crippen LogP contribution in [0.1, 0.15) is 21.5 Å². The monoisotopic (exact) mass is 500 g/mol. The van der Waals surface area contributed by atoms with E-state index in [1.165, 1.54) is 19.2 Å². The number of hydrogen-bond donors (Lipinski definition) is 1. The molecule has 0 aromatic heterocycles. The highest BCUT2D eigenvalue weighted by Gasteiger charge is 2.19. The Balaban J connectivity index is 1.52. The lowest BCUT2D eigenvalue weighted by molar-refractivity contribution is -0.385. The Bertz CT molecular complexity index is 1200. The fraction of sp³-hybridized carbons (Fsp3) is 0.167. The van der Waals surface area contributed by atoms with Crippen LogP contribution < -0.4 is 10.1 Å². The summed E-state index contributed by atoms with van der Waals surface area (Å²) in [5, 5.41) is 14.3. The number of nitrogens with one attached hydrogen (secondary N) is 1. The quantitative estimate of drug-likeness (QED) is 0.175. The molecule has 0 fully saturated rings. The molecule has 0 atom stereocenters. The first-order chi connectivity index (χ1) is 16.3. The van der Waals surface area contributed by atoms with E-state index in [-0.39, 0.29) is 11.4 Å². The van der Waals surface area contributed by atoms with Gasteiger partial charge in [-0.3, -0.25) is 14.9 Å². The van der Waals surface area contributed by atoms with E-state index in [9.17, 15) is 19.7 Å². The number of nitro benzene ring substituents is 1. The fourth-order valence-electron chi connectivity index (χ4n) is 2.95. The molecular formula is C24H21ClN2O6S. The molecule has 0 heterocycles. The molecule has 0 saturated heterocycles. The summed E-state index contributed by atoms with van der Waals surface area (Å²) in [5.41, 5.74) is 1.93. The summed E-state index contributed by atoms with van der Waals surface area (Å²) in [4.78, 5) is 36.1. The molecule has 0 spiro atoms. The maximum absolute atomic E-state index is 12.3. The van der Waals surface area contributed by atoms with Crippen LogP contribution in [0.2, 0.25) is 5.02 Å². The predicted molar refractivity (Wildman–Crippen MR) is 131 cm³/mol. The highest BCUT2D eigenvalue weighted by molar-refractivity contribution is 7.98. The third-order valence-electron chi connectivity index (χ3n) is 4.74. The van der Waals surface area contributed by atoms with Crippen molar-refractivity contribution in [2.24, 2.45) is 0 Å². The third kappa shape index (κ3) is 6.72. The van der Waals surface area contributed by atoms with Crippen LogP contribution in [0.3, 0.4) is 0 Å². The molecule has 8 nitrogen and oxygen atoms in total. The maximum Gasteiger partial charge on any atom is 0.338 e. The molecule has 10 heteroatoms. The van der Waals surface area contributed by atoms with Crippen LogP contribution in [0, 0.1) is 17.0 Å². The number of ether oxygens (including phenoxy) is 2. The minimum Gasteiger partial charge on any atom is -0.490 e. The van der Waals surface area contributed by atoms with Crippen LogP contribution in [-0.2, 0) is 15.3 Å². The van der Waals surface area contributed by atoms with Gasteiger partial charge in [-0.25, -0.2) is 4.79 Å². The summed E-state index contributed by atoms with van der Waals surface area (Å²) >= 11 is 7.53. The molecule has 0 radical (unpaired) electrons. The second kappa shape index (κ2) is 11.5. The Labute approximate surface area is 205 Å². The standard InChI is InChI=1S/C24H21ClN2O6S/c1-15-11-21(27(30)31)22(32-2)12-20(15)26-23(28)13-33-24(29)17-5-3-16(4-6-17)14-34-19-9-7-18(25)8-10-19/h3-12H,13-14H2,1-2H3,(H,26,28). The predicted octanol–water partition coefficient (Wildman–Crippen LogP) is 5.65. The summed E-state index contributed by atoms with van der Waals surface area (Å²) in [5.74, 6) is -0.483. The van der Waals surface area contributed by atoms with E-state index < -0.39 is 23.4 Å². The Hall–Kier alpha value is -3.56. The minimum absolute atomic E-state index is 0.0113.